The van der Waals surface area contributed by atoms with E-state index in [1.807, 2.05) is 4.90 Å². The van der Waals surface area contributed by atoms with Crippen LogP contribution < -0.4 is 0 Å². The quantitative estimate of drug-likeness (QED) is 0.814. The average molecular weight is 282 g/mol. The molecule has 5 nitrogen and oxygen atoms in total. The second kappa shape index (κ2) is 6.46. The fraction of sp³-hybridized carbons (Fsp3) is 0.867. The summed E-state index contributed by atoms with van der Waals surface area (Å²) in [4.78, 5) is 27.4. The molecule has 0 aliphatic heterocycles. The lowest BCUT2D eigenvalue weighted by Crippen LogP contribution is -2.51. The van der Waals surface area contributed by atoms with Crippen molar-refractivity contribution >= 4 is 12.0 Å². The van der Waals surface area contributed by atoms with E-state index in [1.54, 1.807) is 4.90 Å². The first-order valence-electron chi connectivity index (χ1n) is 7.78. The van der Waals surface area contributed by atoms with Gasteiger partial charge in [0.25, 0.3) is 0 Å². The van der Waals surface area contributed by atoms with Gasteiger partial charge in [0, 0.05) is 18.6 Å². The Kier molecular flexibility index (Phi) is 4.89. The van der Waals surface area contributed by atoms with Crippen molar-refractivity contribution in [2.45, 2.75) is 64.5 Å². The number of carboxylic acids is 1. The van der Waals surface area contributed by atoms with Crippen molar-refractivity contribution in [1.82, 2.24) is 9.80 Å². The normalized spacial score (nSPS) is 19.4. The number of amides is 2. The van der Waals surface area contributed by atoms with E-state index in [-0.39, 0.29) is 18.6 Å². The number of carbonyl (C=O) groups excluding carboxylic acids is 1. The summed E-state index contributed by atoms with van der Waals surface area (Å²) in [6.45, 7) is 4.76. The molecule has 0 aromatic heterocycles. The van der Waals surface area contributed by atoms with Crippen LogP contribution in [0.25, 0.3) is 0 Å². The fourth-order valence-electron chi connectivity index (χ4n) is 3.04. The SMILES string of the molecule is CC(C)CN(C(=O)N(CC(=O)O)C1CCCC1)C1CC1. The van der Waals surface area contributed by atoms with Gasteiger partial charge in [0.05, 0.1) is 0 Å². The monoisotopic (exact) mass is 282 g/mol. The van der Waals surface area contributed by atoms with Gasteiger partial charge in [-0.2, -0.15) is 0 Å². The Morgan fingerprint density at radius 2 is 1.60 bits per heavy atom. The maximum Gasteiger partial charge on any atom is 0.323 e. The van der Waals surface area contributed by atoms with Crippen molar-refractivity contribution in [1.29, 1.82) is 0 Å². The molecule has 0 aromatic carbocycles. The van der Waals surface area contributed by atoms with Crippen molar-refractivity contribution < 1.29 is 14.7 Å². The average Bonchev–Trinajstić information content (AvgIpc) is 3.07. The zero-order valence-electron chi connectivity index (χ0n) is 12.5. The number of urea groups is 1. The van der Waals surface area contributed by atoms with Gasteiger partial charge >= 0.3 is 12.0 Å². The van der Waals surface area contributed by atoms with Gasteiger partial charge in [-0.1, -0.05) is 26.7 Å². The molecule has 0 bridgehead atoms. The maximum atomic E-state index is 12.8. The molecule has 0 spiro atoms. The van der Waals surface area contributed by atoms with Crippen LogP contribution in [0.1, 0.15) is 52.4 Å². The third-order valence-corrected chi connectivity index (χ3v) is 4.11. The van der Waals surface area contributed by atoms with E-state index in [1.165, 1.54) is 0 Å². The van der Waals surface area contributed by atoms with Gasteiger partial charge in [-0.3, -0.25) is 4.79 Å². The van der Waals surface area contributed by atoms with Crippen LogP contribution in [0.5, 0.6) is 0 Å². The zero-order chi connectivity index (χ0) is 14.7. The summed E-state index contributed by atoms with van der Waals surface area (Å²) in [6.07, 6.45) is 6.20. The molecule has 2 saturated carbocycles. The molecule has 114 valence electrons. The second-order valence-corrected chi connectivity index (χ2v) is 6.52. The van der Waals surface area contributed by atoms with Crippen LogP contribution >= 0.6 is 0 Å². The van der Waals surface area contributed by atoms with Crippen molar-refractivity contribution in [3.8, 4) is 0 Å². The Balaban J connectivity index is 2.08. The minimum absolute atomic E-state index is 0.0597. The Bertz CT molecular complexity index is 360. The highest BCUT2D eigenvalue weighted by molar-refractivity contribution is 5.81. The number of carboxylic acid groups (broad SMARTS) is 1. The van der Waals surface area contributed by atoms with Crippen LogP contribution in [0.15, 0.2) is 0 Å². The Morgan fingerprint density at radius 3 is 2.05 bits per heavy atom. The molecule has 0 atom stereocenters. The van der Waals surface area contributed by atoms with Gasteiger partial charge in [-0.05, 0) is 31.6 Å². The van der Waals surface area contributed by atoms with Gasteiger partial charge < -0.3 is 14.9 Å². The fourth-order valence-corrected chi connectivity index (χ4v) is 3.04. The van der Waals surface area contributed by atoms with E-state index in [0.29, 0.717) is 12.0 Å². The van der Waals surface area contributed by atoms with Crippen LogP contribution in [0, 0.1) is 5.92 Å². The molecule has 2 fully saturated rings. The van der Waals surface area contributed by atoms with Gasteiger partial charge in [0.2, 0.25) is 0 Å². The first-order chi connectivity index (χ1) is 9.49. The highest BCUT2D eigenvalue weighted by Crippen LogP contribution is 2.31. The summed E-state index contributed by atoms with van der Waals surface area (Å²) in [5.74, 6) is -0.500. The highest BCUT2D eigenvalue weighted by Gasteiger charge is 2.38. The first kappa shape index (κ1) is 15.1. The van der Waals surface area contributed by atoms with Crippen LogP contribution in [0.2, 0.25) is 0 Å². The van der Waals surface area contributed by atoms with E-state index < -0.39 is 5.97 Å². The molecule has 2 amide bonds. The van der Waals surface area contributed by atoms with Crippen molar-refractivity contribution in [3.05, 3.63) is 0 Å². The van der Waals surface area contributed by atoms with Gasteiger partial charge in [-0.15, -0.1) is 0 Å². The number of hydrogen-bond donors (Lipinski definition) is 1. The van der Waals surface area contributed by atoms with E-state index in [2.05, 4.69) is 13.8 Å². The lowest BCUT2D eigenvalue weighted by Gasteiger charge is -2.34. The molecule has 2 aliphatic carbocycles. The first-order valence-corrected chi connectivity index (χ1v) is 7.78. The van der Waals surface area contributed by atoms with Gasteiger partial charge in [-0.25, -0.2) is 4.79 Å². The summed E-state index contributed by atoms with van der Waals surface area (Å²) < 4.78 is 0. The smallest absolute Gasteiger partial charge is 0.323 e. The lowest BCUT2D eigenvalue weighted by molar-refractivity contribution is -0.138. The minimum Gasteiger partial charge on any atom is -0.480 e. The number of carbonyl (C=O) groups is 2. The number of rotatable bonds is 6. The van der Waals surface area contributed by atoms with Crippen molar-refractivity contribution in [2.24, 2.45) is 5.92 Å². The summed E-state index contributed by atoms with van der Waals surface area (Å²) in [7, 11) is 0. The van der Waals surface area contributed by atoms with Crippen LogP contribution in [0.4, 0.5) is 4.79 Å². The minimum atomic E-state index is -0.912. The molecule has 1 N–H and O–H groups in total. The predicted octanol–water partition coefficient (Wildman–Crippen LogP) is 2.56. The molecule has 20 heavy (non-hydrogen) atoms. The summed E-state index contributed by atoms with van der Waals surface area (Å²) >= 11 is 0. The molecule has 0 heterocycles. The molecule has 0 aromatic rings. The number of aliphatic carboxylic acids is 1. The summed E-state index contributed by atoms with van der Waals surface area (Å²) in [5.41, 5.74) is 0. The summed E-state index contributed by atoms with van der Waals surface area (Å²) in [6, 6.07) is 0.394. The van der Waals surface area contributed by atoms with Gasteiger partial charge in [0.1, 0.15) is 6.54 Å². The maximum absolute atomic E-state index is 12.8. The van der Waals surface area contributed by atoms with Crippen LogP contribution in [-0.2, 0) is 4.79 Å². The topological polar surface area (TPSA) is 60.9 Å². The molecule has 5 heteroatoms. The molecule has 2 aliphatic rings. The molecular weight excluding hydrogens is 256 g/mol. The van der Waals surface area contributed by atoms with Crippen LogP contribution in [-0.4, -0.2) is 52.1 Å². The predicted molar refractivity (Wildman–Crippen MR) is 76.6 cm³/mol. The largest absolute Gasteiger partial charge is 0.480 e. The summed E-state index contributed by atoms with van der Waals surface area (Å²) in [5, 5.41) is 9.10. The Labute approximate surface area is 120 Å². The third kappa shape index (κ3) is 3.87. The molecular formula is C15H26N2O3. The van der Waals surface area contributed by atoms with Crippen LogP contribution in [0.3, 0.4) is 0 Å². The van der Waals surface area contributed by atoms with E-state index in [9.17, 15) is 9.59 Å². The Morgan fingerprint density at radius 1 is 1.05 bits per heavy atom. The molecule has 0 saturated heterocycles. The lowest BCUT2D eigenvalue weighted by atomic mass is 10.2. The van der Waals surface area contributed by atoms with E-state index >= 15 is 0 Å². The van der Waals surface area contributed by atoms with E-state index in [4.69, 9.17) is 5.11 Å². The molecule has 2 rings (SSSR count). The number of hydrogen-bond acceptors (Lipinski definition) is 2. The molecule has 0 radical (unpaired) electrons. The number of nitrogens with zero attached hydrogens (tertiary/aromatic N) is 2. The highest BCUT2D eigenvalue weighted by atomic mass is 16.4. The van der Waals surface area contributed by atoms with Gasteiger partial charge in [0.15, 0.2) is 0 Å². The Hall–Kier alpha value is -1.26. The molecule has 0 unspecified atom stereocenters. The standard InChI is InChI=1S/C15H26N2O3/c1-11(2)9-16(13-7-8-13)15(20)17(10-14(18)19)12-5-3-4-6-12/h11-13H,3-10H2,1-2H3,(H,18,19). The third-order valence-electron chi connectivity index (χ3n) is 4.11. The second-order valence-electron chi connectivity index (χ2n) is 6.52. The van der Waals surface area contributed by atoms with Crippen molar-refractivity contribution in [2.75, 3.05) is 13.1 Å². The van der Waals surface area contributed by atoms with Crippen molar-refractivity contribution in [3.63, 3.8) is 0 Å². The van der Waals surface area contributed by atoms with E-state index in [0.717, 1.165) is 45.1 Å². The zero-order valence-corrected chi connectivity index (χ0v) is 12.5.